The summed E-state index contributed by atoms with van der Waals surface area (Å²) in [6.07, 6.45) is 0. The molecule has 6 nitrogen and oxygen atoms in total. The summed E-state index contributed by atoms with van der Waals surface area (Å²) in [6.45, 7) is 0. The number of rotatable bonds is 5. The molecule has 0 radical (unpaired) electrons. The van der Waals surface area contributed by atoms with Crippen LogP contribution in [0.2, 0.25) is 0 Å². The molecule has 14 rings (SSSR count). The first-order valence-corrected chi connectivity index (χ1v) is 21.9. The lowest BCUT2D eigenvalue weighted by atomic mass is 10.0. The molecule has 10 aromatic carbocycles. The Morgan fingerprint density at radius 3 is 1.60 bits per heavy atom. The third kappa shape index (κ3) is 5.51. The van der Waals surface area contributed by atoms with Crippen LogP contribution in [-0.4, -0.2) is 24.1 Å². The molecule has 0 N–H and O–H groups in total. The summed E-state index contributed by atoms with van der Waals surface area (Å²) in [5, 5.41) is 11.4. The summed E-state index contributed by atoms with van der Waals surface area (Å²) in [5.74, 6) is 1.69. The largest absolute Gasteiger partial charge is 0.455 e. The summed E-state index contributed by atoms with van der Waals surface area (Å²) in [4.78, 5) is 16.1. The van der Waals surface area contributed by atoms with E-state index in [1.54, 1.807) is 0 Å². The Balaban J connectivity index is 1.06. The molecule has 0 saturated heterocycles. The van der Waals surface area contributed by atoms with Crippen molar-refractivity contribution in [3.63, 3.8) is 0 Å². The molecule has 0 bridgehead atoms. The molecular weight excluding hydrogens is 795 g/mol. The van der Waals surface area contributed by atoms with E-state index in [1.165, 1.54) is 21.5 Å². The van der Waals surface area contributed by atoms with Gasteiger partial charge in [-0.2, -0.15) is 0 Å². The average Bonchev–Trinajstić information content (AvgIpc) is 4.02. The molecule has 302 valence electrons. The minimum absolute atomic E-state index is 0.530. The molecule has 0 aliphatic rings. The van der Waals surface area contributed by atoms with Crippen molar-refractivity contribution in [2.75, 3.05) is 0 Å². The van der Waals surface area contributed by atoms with E-state index in [0.717, 1.165) is 93.6 Å². The van der Waals surface area contributed by atoms with E-state index in [2.05, 4.69) is 209 Å². The van der Waals surface area contributed by atoms with Gasteiger partial charge < -0.3 is 13.6 Å². The van der Waals surface area contributed by atoms with Gasteiger partial charge in [0, 0.05) is 54.8 Å². The van der Waals surface area contributed by atoms with Crippen molar-refractivity contribution in [1.82, 2.24) is 24.1 Å². The summed E-state index contributed by atoms with van der Waals surface area (Å²) < 4.78 is 11.5. The van der Waals surface area contributed by atoms with Crippen molar-refractivity contribution in [3.8, 4) is 45.5 Å². The predicted octanol–water partition coefficient (Wildman–Crippen LogP) is 15.3. The molecule has 0 spiro atoms. The molecule has 0 aliphatic carbocycles. The van der Waals surface area contributed by atoms with E-state index in [1.807, 2.05) is 12.1 Å². The standard InChI is InChI=1S/C59H35N5O/c1-2-18-42(19-3-1)63-51-23-11-8-20-44(51)47-32-41(28-29-53(47)63)58-60-57(40-27-26-36-14-4-5-15-37(36)30-40)61-59(62-58)50-35-43(34-49-46-22-10-13-25-55(46)65-56(49)50)64-52-24-12-9-21-45(52)48-31-38-16-6-7-17-39(38)33-54(48)64/h1-35H. The Bertz CT molecular complexity index is 4250. The highest BCUT2D eigenvalue weighted by Gasteiger charge is 2.23. The highest BCUT2D eigenvalue weighted by atomic mass is 16.3. The Hall–Kier alpha value is -8.87. The maximum absolute atomic E-state index is 6.83. The maximum atomic E-state index is 6.83. The van der Waals surface area contributed by atoms with E-state index < -0.39 is 0 Å². The monoisotopic (exact) mass is 829 g/mol. The molecule has 0 amide bonds. The van der Waals surface area contributed by atoms with Crippen molar-refractivity contribution in [3.05, 3.63) is 212 Å². The molecule has 0 unspecified atom stereocenters. The molecular formula is C59H35N5O. The van der Waals surface area contributed by atoms with Gasteiger partial charge in [0.15, 0.2) is 17.5 Å². The van der Waals surface area contributed by atoms with E-state index in [0.29, 0.717) is 17.5 Å². The van der Waals surface area contributed by atoms with Gasteiger partial charge in [0.25, 0.3) is 0 Å². The lowest BCUT2D eigenvalue weighted by molar-refractivity contribution is 0.669. The molecule has 6 heteroatoms. The minimum Gasteiger partial charge on any atom is -0.455 e. The van der Waals surface area contributed by atoms with Crippen LogP contribution in [0.1, 0.15) is 0 Å². The van der Waals surface area contributed by atoms with Crippen molar-refractivity contribution in [1.29, 1.82) is 0 Å². The molecule has 65 heavy (non-hydrogen) atoms. The van der Waals surface area contributed by atoms with Gasteiger partial charge in [-0.15, -0.1) is 0 Å². The van der Waals surface area contributed by atoms with Gasteiger partial charge >= 0.3 is 0 Å². The Kier molecular flexibility index (Phi) is 7.59. The first-order chi connectivity index (χ1) is 32.2. The molecule has 4 heterocycles. The van der Waals surface area contributed by atoms with Crippen LogP contribution in [0, 0.1) is 0 Å². The molecule has 0 aliphatic heterocycles. The van der Waals surface area contributed by atoms with Gasteiger partial charge in [0.2, 0.25) is 0 Å². The van der Waals surface area contributed by atoms with Crippen LogP contribution in [0.25, 0.3) is 133 Å². The van der Waals surface area contributed by atoms with E-state index in [-0.39, 0.29) is 0 Å². The van der Waals surface area contributed by atoms with Crippen LogP contribution in [0.5, 0.6) is 0 Å². The number of nitrogens with zero attached hydrogens (tertiary/aromatic N) is 5. The van der Waals surface area contributed by atoms with Crippen LogP contribution in [-0.2, 0) is 0 Å². The van der Waals surface area contributed by atoms with Gasteiger partial charge in [-0.1, -0.05) is 133 Å². The van der Waals surface area contributed by atoms with Gasteiger partial charge in [-0.25, -0.2) is 15.0 Å². The Labute approximate surface area is 371 Å². The topological polar surface area (TPSA) is 61.7 Å². The first-order valence-electron chi connectivity index (χ1n) is 21.9. The summed E-state index contributed by atoms with van der Waals surface area (Å²) in [6, 6.07) is 75.1. The van der Waals surface area contributed by atoms with Crippen molar-refractivity contribution >= 4 is 87.1 Å². The number of benzene rings is 10. The minimum atomic E-state index is 0.530. The van der Waals surface area contributed by atoms with Gasteiger partial charge in [-0.05, 0) is 100 Å². The van der Waals surface area contributed by atoms with E-state index >= 15 is 0 Å². The molecule has 0 atom stereocenters. The number of hydrogen-bond donors (Lipinski definition) is 0. The normalized spacial score (nSPS) is 12.0. The fourth-order valence-electron chi connectivity index (χ4n) is 10.1. The second kappa shape index (κ2) is 13.8. The molecule has 4 aromatic heterocycles. The van der Waals surface area contributed by atoms with Crippen LogP contribution in [0.15, 0.2) is 217 Å². The highest BCUT2D eigenvalue weighted by Crippen LogP contribution is 2.42. The van der Waals surface area contributed by atoms with Crippen LogP contribution >= 0.6 is 0 Å². The fourth-order valence-corrected chi connectivity index (χ4v) is 10.1. The zero-order valence-electron chi connectivity index (χ0n) is 34.9. The van der Waals surface area contributed by atoms with Gasteiger partial charge in [0.05, 0.1) is 27.6 Å². The first kappa shape index (κ1) is 35.7. The Morgan fingerprint density at radius 1 is 0.308 bits per heavy atom. The lowest BCUT2D eigenvalue weighted by Crippen LogP contribution is -2.02. The molecule has 14 aromatic rings. The number of furan rings is 1. The lowest BCUT2D eigenvalue weighted by Gasteiger charge is -2.13. The molecule has 0 saturated carbocycles. The van der Waals surface area contributed by atoms with Crippen LogP contribution in [0.4, 0.5) is 0 Å². The predicted molar refractivity (Wildman–Crippen MR) is 267 cm³/mol. The third-order valence-corrected chi connectivity index (χ3v) is 13.1. The van der Waals surface area contributed by atoms with Gasteiger partial charge in [-0.3, -0.25) is 0 Å². The Morgan fingerprint density at radius 2 is 0.846 bits per heavy atom. The van der Waals surface area contributed by atoms with Gasteiger partial charge in [0.1, 0.15) is 11.2 Å². The van der Waals surface area contributed by atoms with Crippen molar-refractivity contribution < 1.29 is 4.42 Å². The van der Waals surface area contributed by atoms with Crippen LogP contribution < -0.4 is 0 Å². The second-order valence-electron chi connectivity index (χ2n) is 16.8. The van der Waals surface area contributed by atoms with E-state index in [4.69, 9.17) is 19.4 Å². The van der Waals surface area contributed by atoms with Crippen molar-refractivity contribution in [2.24, 2.45) is 0 Å². The summed E-state index contributed by atoms with van der Waals surface area (Å²) >= 11 is 0. The quantitative estimate of drug-likeness (QED) is 0.173. The average molecular weight is 830 g/mol. The third-order valence-electron chi connectivity index (χ3n) is 13.1. The summed E-state index contributed by atoms with van der Waals surface area (Å²) in [7, 11) is 0. The fraction of sp³-hybridized carbons (Fsp3) is 0. The highest BCUT2D eigenvalue weighted by molar-refractivity contribution is 6.15. The van der Waals surface area contributed by atoms with Crippen LogP contribution in [0.3, 0.4) is 0 Å². The maximum Gasteiger partial charge on any atom is 0.167 e. The smallest absolute Gasteiger partial charge is 0.167 e. The zero-order chi connectivity index (χ0) is 42.6. The number of fused-ring (bicyclic) bond motifs is 11. The SMILES string of the molecule is c1ccc(-n2c3ccccc3c3cc(-c4nc(-c5ccc6ccccc6c5)nc(-c5cc(-n6c7ccccc7c7cc8ccccc8cc76)cc6c5oc5ccccc56)n4)ccc32)cc1. The number of aromatic nitrogens is 5. The number of hydrogen-bond acceptors (Lipinski definition) is 4. The second-order valence-corrected chi connectivity index (χ2v) is 16.8. The van der Waals surface area contributed by atoms with E-state index in [9.17, 15) is 0 Å². The van der Waals surface area contributed by atoms with Crippen molar-refractivity contribution in [2.45, 2.75) is 0 Å². The molecule has 0 fully saturated rings. The summed E-state index contributed by atoms with van der Waals surface area (Å²) in [5.41, 5.74) is 10.7. The zero-order valence-corrected chi connectivity index (χ0v) is 34.9. The number of para-hydroxylation sites is 4.